The van der Waals surface area contributed by atoms with Gasteiger partial charge >= 0.3 is 20.2 Å². The van der Waals surface area contributed by atoms with Gasteiger partial charge in [0.15, 0.2) is 0 Å². The molecule has 0 unspecified atom stereocenters. The molecule has 4 nitrogen and oxygen atoms in total. The summed E-state index contributed by atoms with van der Waals surface area (Å²) in [5.74, 6) is 0. The number of phosphoric acid groups is 1. The molecule has 0 aromatic carbocycles. The summed E-state index contributed by atoms with van der Waals surface area (Å²) in [6.07, 6.45) is -16.4. The molecule has 0 rings (SSSR count). The van der Waals surface area contributed by atoms with E-state index in [1.165, 1.54) is 0 Å². The Morgan fingerprint density at radius 2 is 1.20 bits per heavy atom. The molecule has 0 radical (unpaired) electrons. The van der Waals surface area contributed by atoms with Gasteiger partial charge in [0.2, 0.25) is 0 Å². The number of hydrogen-bond acceptors (Lipinski definition) is 4. The van der Waals surface area contributed by atoms with Crippen LogP contribution in [0.15, 0.2) is 0 Å². The van der Waals surface area contributed by atoms with Gasteiger partial charge in [-0.3, -0.25) is 13.6 Å². The van der Waals surface area contributed by atoms with E-state index in [0.29, 0.717) is 0 Å². The van der Waals surface area contributed by atoms with E-state index < -0.39 is 52.8 Å². The maximum Gasteiger partial charge on any atom is 0.475 e. The molecule has 0 aliphatic rings. The molecule has 0 atom stereocenters. The monoisotopic (exact) mass is 340 g/mol. The second-order valence-corrected chi connectivity index (χ2v) is 4.68. The van der Waals surface area contributed by atoms with Gasteiger partial charge in [-0.05, 0) is 0 Å². The number of hydrogen-bond donors (Lipinski definition) is 0. The lowest BCUT2D eigenvalue weighted by molar-refractivity contribution is -0.304. The highest BCUT2D eigenvalue weighted by molar-refractivity contribution is 7.48. The predicted molar refractivity (Wildman–Crippen MR) is 48.4 cm³/mol. The Hall–Kier alpha value is -0.450. The van der Waals surface area contributed by atoms with Crippen molar-refractivity contribution in [2.24, 2.45) is 0 Å². The zero-order chi connectivity index (χ0) is 16.0. The third-order valence-corrected chi connectivity index (χ3v) is 2.95. The molecule has 0 saturated carbocycles. The Labute approximate surface area is 107 Å². The van der Waals surface area contributed by atoms with Crippen molar-refractivity contribution in [2.45, 2.75) is 18.5 Å². The maximum absolute atomic E-state index is 12.2. The molecule has 0 amide bonds. The molecule has 0 saturated heterocycles. The number of rotatable bonds is 8. The lowest BCUT2D eigenvalue weighted by atomic mass is 10.3. The fraction of sp³-hybridized carbons (Fsp3) is 1.00. The molecule has 13 heteroatoms. The van der Waals surface area contributed by atoms with Crippen molar-refractivity contribution >= 4 is 7.82 Å². The molecule has 20 heavy (non-hydrogen) atoms. The van der Waals surface area contributed by atoms with Crippen molar-refractivity contribution in [3.8, 4) is 0 Å². The van der Waals surface area contributed by atoms with Crippen LogP contribution in [0.2, 0.25) is 0 Å². The maximum atomic E-state index is 12.2. The van der Waals surface area contributed by atoms with Gasteiger partial charge in [-0.2, -0.15) is 26.3 Å². The van der Waals surface area contributed by atoms with Crippen molar-refractivity contribution in [2.75, 3.05) is 26.6 Å². The third-order valence-electron chi connectivity index (χ3n) is 1.48. The molecule has 0 bridgehead atoms. The van der Waals surface area contributed by atoms with Crippen molar-refractivity contribution < 1.29 is 53.3 Å². The highest BCUT2D eigenvalue weighted by Gasteiger charge is 2.61. The molecule has 0 aromatic rings. The number of halogens is 8. The summed E-state index contributed by atoms with van der Waals surface area (Å²) in [5, 5.41) is 0. The Morgan fingerprint density at radius 1 is 0.850 bits per heavy atom. The first-order valence-corrected chi connectivity index (χ1v) is 6.25. The second-order valence-electron chi connectivity index (χ2n) is 3.06. The van der Waals surface area contributed by atoms with Crippen LogP contribution in [-0.4, -0.2) is 45.0 Å². The van der Waals surface area contributed by atoms with E-state index in [2.05, 4.69) is 13.6 Å². The Kier molecular flexibility index (Phi) is 7.36. The zero-order valence-electron chi connectivity index (χ0n) is 9.51. The standard InChI is InChI=1S/C7H9F8O4P/c8-1-3-17-20(16,18-4-2-9)19-5(6(10,11)12)7(13,14)15/h5H,1-4H2. The predicted octanol–water partition coefficient (Wildman–Crippen LogP) is 3.58. The molecular weight excluding hydrogens is 331 g/mol. The Bertz CT molecular complexity index is 304. The third kappa shape index (κ3) is 6.82. The van der Waals surface area contributed by atoms with Crippen molar-refractivity contribution in [3.05, 3.63) is 0 Å². The van der Waals surface area contributed by atoms with Crippen molar-refractivity contribution in [1.29, 1.82) is 0 Å². The lowest BCUT2D eigenvalue weighted by Gasteiger charge is -2.26. The molecule has 0 N–H and O–H groups in total. The minimum absolute atomic E-state index is 1.15. The second kappa shape index (κ2) is 7.53. The van der Waals surface area contributed by atoms with Crippen molar-refractivity contribution in [1.82, 2.24) is 0 Å². The summed E-state index contributed by atoms with van der Waals surface area (Å²) in [6, 6.07) is 0. The number of alkyl halides is 8. The highest BCUT2D eigenvalue weighted by Crippen LogP contribution is 2.54. The quantitative estimate of drug-likeness (QED) is 0.501. The van der Waals surface area contributed by atoms with E-state index in [9.17, 15) is 39.7 Å². The van der Waals surface area contributed by atoms with Crippen LogP contribution in [0.25, 0.3) is 0 Å². The summed E-state index contributed by atoms with van der Waals surface area (Å²) in [6.45, 7) is -5.05. The van der Waals surface area contributed by atoms with E-state index in [1.807, 2.05) is 0 Å². The topological polar surface area (TPSA) is 44.8 Å². The van der Waals surface area contributed by atoms with E-state index in [1.54, 1.807) is 0 Å². The van der Waals surface area contributed by atoms with E-state index in [-0.39, 0.29) is 0 Å². The average Bonchev–Trinajstić information content (AvgIpc) is 2.28. The fourth-order valence-corrected chi connectivity index (χ4v) is 2.10. The summed E-state index contributed by atoms with van der Waals surface area (Å²) < 4.78 is 119. The molecule has 0 aliphatic carbocycles. The van der Waals surface area contributed by atoms with Gasteiger partial charge in [-0.1, -0.05) is 0 Å². The van der Waals surface area contributed by atoms with Crippen molar-refractivity contribution in [3.63, 3.8) is 0 Å². The summed E-state index contributed by atoms with van der Waals surface area (Å²) in [5.41, 5.74) is 0. The first-order chi connectivity index (χ1) is 8.96. The highest BCUT2D eigenvalue weighted by atomic mass is 31.2. The van der Waals surface area contributed by atoms with Crippen LogP contribution < -0.4 is 0 Å². The molecule has 0 aliphatic heterocycles. The van der Waals surface area contributed by atoms with Gasteiger partial charge in [-0.15, -0.1) is 0 Å². The minimum atomic E-state index is -5.97. The summed E-state index contributed by atoms with van der Waals surface area (Å²) in [4.78, 5) is 0. The smallest absolute Gasteiger partial charge is 0.284 e. The van der Waals surface area contributed by atoms with Crippen LogP contribution in [0.4, 0.5) is 35.1 Å². The zero-order valence-corrected chi connectivity index (χ0v) is 10.4. The van der Waals surface area contributed by atoms with Crippen LogP contribution in [-0.2, 0) is 18.1 Å². The SMILES string of the molecule is O=P(OCCF)(OCCF)OC(C(F)(F)F)C(F)(F)F. The first-order valence-electron chi connectivity index (χ1n) is 4.79. The van der Waals surface area contributed by atoms with Crippen LogP contribution in [0.3, 0.4) is 0 Å². The molecule has 0 aromatic heterocycles. The molecule has 0 spiro atoms. The van der Waals surface area contributed by atoms with Gasteiger partial charge in [0.05, 0.1) is 13.2 Å². The van der Waals surface area contributed by atoms with Crippen LogP contribution >= 0.6 is 7.82 Å². The van der Waals surface area contributed by atoms with Gasteiger partial charge < -0.3 is 0 Å². The normalized spacial score (nSPS) is 14.1. The molecule has 0 heterocycles. The van der Waals surface area contributed by atoms with Gasteiger partial charge in [0.25, 0.3) is 6.10 Å². The van der Waals surface area contributed by atoms with Gasteiger partial charge in [0, 0.05) is 0 Å². The van der Waals surface area contributed by atoms with E-state index >= 15 is 0 Å². The molecule has 0 fully saturated rings. The van der Waals surface area contributed by atoms with Crippen LogP contribution in [0.1, 0.15) is 0 Å². The van der Waals surface area contributed by atoms with Crippen LogP contribution in [0.5, 0.6) is 0 Å². The minimum Gasteiger partial charge on any atom is -0.284 e. The summed E-state index contributed by atoms with van der Waals surface area (Å²) in [7, 11) is -5.42. The van der Waals surface area contributed by atoms with Gasteiger partial charge in [0.1, 0.15) is 13.3 Å². The molecule has 122 valence electrons. The fourth-order valence-electron chi connectivity index (χ4n) is 0.825. The Balaban J connectivity index is 5.12. The number of phosphoric ester groups is 1. The summed E-state index contributed by atoms with van der Waals surface area (Å²) >= 11 is 0. The first kappa shape index (κ1) is 19.6. The lowest BCUT2D eigenvalue weighted by Crippen LogP contribution is -2.44. The average molecular weight is 340 g/mol. The van der Waals surface area contributed by atoms with Crippen LogP contribution in [0, 0.1) is 0 Å². The molecular formula is C7H9F8O4P. The van der Waals surface area contributed by atoms with Gasteiger partial charge in [-0.25, -0.2) is 13.3 Å². The van der Waals surface area contributed by atoms with E-state index in [4.69, 9.17) is 0 Å². The largest absolute Gasteiger partial charge is 0.475 e. The Morgan fingerprint density at radius 3 is 1.45 bits per heavy atom. The van der Waals surface area contributed by atoms with E-state index in [0.717, 1.165) is 0 Å².